The number of hydrogen-bond acceptors (Lipinski definition) is 3. The third-order valence-electron chi connectivity index (χ3n) is 1.57. The molecule has 1 unspecified atom stereocenters. The molecule has 12 heavy (non-hydrogen) atoms. The fraction of sp³-hybridized carbons (Fsp3) is 0.333. The highest BCUT2D eigenvalue weighted by Gasteiger charge is 2.19. The summed E-state index contributed by atoms with van der Waals surface area (Å²) in [6.07, 6.45) is 0. The Morgan fingerprint density at radius 1 is 1.83 bits per heavy atom. The van der Waals surface area contributed by atoms with Crippen LogP contribution in [0.15, 0.2) is 4.60 Å². The summed E-state index contributed by atoms with van der Waals surface area (Å²) in [6.45, 7) is 1.74. The first kappa shape index (κ1) is 9.21. The number of carboxylic acid groups (broad SMARTS) is 1. The SMILES string of the molecule is Cc1c(Br)n[nH]c1C(N)C(=O)O. The highest BCUT2D eigenvalue weighted by Crippen LogP contribution is 2.19. The van der Waals surface area contributed by atoms with E-state index in [-0.39, 0.29) is 0 Å². The molecule has 0 saturated heterocycles. The number of carboxylic acids is 1. The van der Waals surface area contributed by atoms with Gasteiger partial charge in [0.1, 0.15) is 10.6 Å². The lowest BCUT2D eigenvalue weighted by Gasteiger charge is -2.03. The fourth-order valence-corrected chi connectivity index (χ4v) is 1.12. The average molecular weight is 234 g/mol. The Bertz CT molecular complexity index is 310. The van der Waals surface area contributed by atoms with Crippen LogP contribution in [0.2, 0.25) is 0 Å². The molecule has 0 aliphatic rings. The normalized spacial score (nSPS) is 12.9. The first-order chi connectivity index (χ1) is 5.54. The molecule has 5 nitrogen and oxygen atoms in total. The number of aliphatic carboxylic acids is 1. The molecular formula is C6H8BrN3O2. The maximum Gasteiger partial charge on any atom is 0.326 e. The fourth-order valence-electron chi connectivity index (χ4n) is 0.814. The molecule has 1 rings (SSSR count). The van der Waals surface area contributed by atoms with Gasteiger partial charge in [-0.3, -0.25) is 9.89 Å². The largest absolute Gasteiger partial charge is 0.480 e. The van der Waals surface area contributed by atoms with Crippen molar-refractivity contribution in [3.63, 3.8) is 0 Å². The lowest BCUT2D eigenvalue weighted by molar-refractivity contribution is -0.138. The Morgan fingerprint density at radius 2 is 2.42 bits per heavy atom. The quantitative estimate of drug-likeness (QED) is 0.697. The minimum Gasteiger partial charge on any atom is -0.480 e. The van der Waals surface area contributed by atoms with Gasteiger partial charge in [-0.2, -0.15) is 5.10 Å². The molecule has 1 aromatic rings. The molecule has 0 bridgehead atoms. The second kappa shape index (κ2) is 3.24. The number of aromatic nitrogens is 2. The van der Waals surface area contributed by atoms with Crippen molar-refractivity contribution in [3.05, 3.63) is 15.9 Å². The van der Waals surface area contributed by atoms with Crippen LogP contribution in [0.25, 0.3) is 0 Å². The molecule has 4 N–H and O–H groups in total. The van der Waals surface area contributed by atoms with E-state index in [0.717, 1.165) is 5.56 Å². The van der Waals surface area contributed by atoms with Crippen molar-refractivity contribution in [2.75, 3.05) is 0 Å². The van der Waals surface area contributed by atoms with Crippen molar-refractivity contribution in [1.82, 2.24) is 10.2 Å². The van der Waals surface area contributed by atoms with E-state index in [4.69, 9.17) is 10.8 Å². The van der Waals surface area contributed by atoms with Crippen molar-refractivity contribution in [2.45, 2.75) is 13.0 Å². The number of rotatable bonds is 2. The first-order valence-corrected chi connectivity index (χ1v) is 4.02. The van der Waals surface area contributed by atoms with Crippen LogP contribution in [-0.2, 0) is 4.79 Å². The molecule has 0 saturated carbocycles. The summed E-state index contributed by atoms with van der Waals surface area (Å²) in [5.74, 6) is -1.07. The van der Waals surface area contributed by atoms with E-state index < -0.39 is 12.0 Å². The van der Waals surface area contributed by atoms with Crippen LogP contribution < -0.4 is 5.73 Å². The lowest BCUT2D eigenvalue weighted by atomic mass is 10.1. The van der Waals surface area contributed by atoms with Crippen molar-refractivity contribution >= 4 is 21.9 Å². The van der Waals surface area contributed by atoms with Gasteiger partial charge in [0.2, 0.25) is 0 Å². The van der Waals surface area contributed by atoms with Crippen LogP contribution in [0.3, 0.4) is 0 Å². The van der Waals surface area contributed by atoms with Crippen LogP contribution in [0.1, 0.15) is 17.3 Å². The summed E-state index contributed by atoms with van der Waals surface area (Å²) in [4.78, 5) is 10.5. The number of nitrogens with one attached hydrogen (secondary N) is 1. The number of halogens is 1. The zero-order valence-corrected chi connectivity index (χ0v) is 7.92. The number of carbonyl (C=O) groups is 1. The van der Waals surface area contributed by atoms with E-state index in [1.165, 1.54) is 0 Å². The van der Waals surface area contributed by atoms with Gasteiger partial charge < -0.3 is 10.8 Å². The number of nitrogens with zero attached hydrogens (tertiary/aromatic N) is 1. The van der Waals surface area contributed by atoms with Gasteiger partial charge in [-0.05, 0) is 22.9 Å². The van der Waals surface area contributed by atoms with Crippen LogP contribution in [0.5, 0.6) is 0 Å². The lowest BCUT2D eigenvalue weighted by Crippen LogP contribution is -2.21. The second-order valence-electron chi connectivity index (χ2n) is 2.37. The Balaban J connectivity index is 3.03. The summed E-state index contributed by atoms with van der Waals surface area (Å²) >= 11 is 3.14. The smallest absolute Gasteiger partial charge is 0.326 e. The van der Waals surface area contributed by atoms with Crippen LogP contribution in [0.4, 0.5) is 0 Å². The molecule has 0 amide bonds. The minimum atomic E-state index is -1.07. The summed E-state index contributed by atoms with van der Waals surface area (Å²) in [5.41, 5.74) is 6.51. The summed E-state index contributed by atoms with van der Waals surface area (Å²) in [7, 11) is 0. The molecule has 1 aromatic heterocycles. The highest BCUT2D eigenvalue weighted by molar-refractivity contribution is 9.10. The molecule has 0 spiro atoms. The molecule has 66 valence electrons. The zero-order chi connectivity index (χ0) is 9.30. The molecule has 1 heterocycles. The van der Waals surface area contributed by atoms with Crippen molar-refractivity contribution in [2.24, 2.45) is 5.73 Å². The van der Waals surface area contributed by atoms with Crippen LogP contribution in [0, 0.1) is 6.92 Å². The monoisotopic (exact) mass is 233 g/mol. The molecule has 0 fully saturated rings. The molecule has 0 aromatic carbocycles. The van der Waals surface area contributed by atoms with Crippen molar-refractivity contribution in [3.8, 4) is 0 Å². The summed E-state index contributed by atoms with van der Waals surface area (Å²) < 4.78 is 0.592. The van der Waals surface area contributed by atoms with Crippen molar-refractivity contribution < 1.29 is 9.90 Å². The van der Waals surface area contributed by atoms with E-state index >= 15 is 0 Å². The third-order valence-corrected chi connectivity index (χ3v) is 2.34. The Hall–Kier alpha value is -0.880. The van der Waals surface area contributed by atoms with Gasteiger partial charge in [0.05, 0.1) is 5.69 Å². The number of H-pyrrole nitrogens is 1. The van der Waals surface area contributed by atoms with Crippen molar-refractivity contribution in [1.29, 1.82) is 0 Å². The van der Waals surface area contributed by atoms with Gasteiger partial charge in [0.25, 0.3) is 0 Å². The number of nitrogens with two attached hydrogens (primary N) is 1. The summed E-state index contributed by atoms with van der Waals surface area (Å²) in [5, 5.41) is 14.9. The molecular weight excluding hydrogens is 226 g/mol. The Kier molecular flexibility index (Phi) is 2.49. The standard InChI is InChI=1S/C6H8BrN3O2/c1-2-4(3(8)6(11)12)9-10-5(2)7/h3H,8H2,1H3,(H,9,10)(H,11,12). The van der Waals surface area contributed by atoms with E-state index in [1.54, 1.807) is 6.92 Å². The van der Waals surface area contributed by atoms with Crippen LogP contribution >= 0.6 is 15.9 Å². The molecule has 1 atom stereocenters. The average Bonchev–Trinajstić information content (AvgIpc) is 2.32. The van der Waals surface area contributed by atoms with E-state index in [1.807, 2.05) is 0 Å². The first-order valence-electron chi connectivity index (χ1n) is 3.22. The Morgan fingerprint density at radius 3 is 2.75 bits per heavy atom. The van der Waals surface area contributed by atoms with Gasteiger partial charge in [0.15, 0.2) is 0 Å². The second-order valence-corrected chi connectivity index (χ2v) is 3.12. The zero-order valence-electron chi connectivity index (χ0n) is 6.34. The number of hydrogen-bond donors (Lipinski definition) is 3. The van der Waals surface area contributed by atoms with E-state index in [2.05, 4.69) is 26.1 Å². The highest BCUT2D eigenvalue weighted by atomic mass is 79.9. The van der Waals surface area contributed by atoms with Crippen LogP contribution in [-0.4, -0.2) is 21.3 Å². The third kappa shape index (κ3) is 1.49. The maximum absolute atomic E-state index is 10.5. The molecule has 0 aliphatic carbocycles. The maximum atomic E-state index is 10.5. The van der Waals surface area contributed by atoms with E-state index in [0.29, 0.717) is 10.3 Å². The molecule has 0 radical (unpaired) electrons. The summed E-state index contributed by atoms with van der Waals surface area (Å²) in [6, 6.07) is -1.04. The van der Waals surface area contributed by atoms with E-state index in [9.17, 15) is 4.79 Å². The molecule has 0 aliphatic heterocycles. The van der Waals surface area contributed by atoms with Gasteiger partial charge in [-0.15, -0.1) is 0 Å². The molecule has 6 heteroatoms. The predicted octanol–water partition coefficient (Wildman–Crippen LogP) is 0.565. The van der Waals surface area contributed by atoms with Gasteiger partial charge in [-0.1, -0.05) is 0 Å². The topological polar surface area (TPSA) is 92.0 Å². The Labute approximate surface area is 77.1 Å². The van der Waals surface area contributed by atoms with Gasteiger partial charge >= 0.3 is 5.97 Å². The number of aromatic amines is 1. The minimum absolute atomic E-state index is 0.425. The van der Waals surface area contributed by atoms with Gasteiger partial charge in [-0.25, -0.2) is 0 Å². The predicted molar refractivity (Wildman–Crippen MR) is 45.6 cm³/mol. The van der Waals surface area contributed by atoms with Gasteiger partial charge in [0, 0.05) is 5.56 Å².